The van der Waals surface area contributed by atoms with E-state index in [1.165, 1.54) is 24.2 Å². The van der Waals surface area contributed by atoms with Crippen molar-refractivity contribution in [3.63, 3.8) is 0 Å². The number of halogens is 1. The second-order valence-electron chi connectivity index (χ2n) is 5.43. The summed E-state index contributed by atoms with van der Waals surface area (Å²) in [4.78, 5) is 12.5. The van der Waals surface area contributed by atoms with Gasteiger partial charge in [0.25, 0.3) is 0 Å². The minimum Gasteiger partial charge on any atom is -0.293 e. The Labute approximate surface area is 143 Å². The van der Waals surface area contributed by atoms with Gasteiger partial charge in [0.2, 0.25) is 0 Å². The molecule has 6 heteroatoms. The van der Waals surface area contributed by atoms with Crippen LogP contribution >= 0.6 is 11.8 Å². The molecule has 0 amide bonds. The number of thioether (sulfide) groups is 1. The minimum absolute atomic E-state index is 0.00286. The smallest absolute Gasteiger partial charge is 0.196 e. The number of aryl methyl sites for hydroxylation is 1. The zero-order valence-corrected chi connectivity index (χ0v) is 14.1. The molecule has 0 aliphatic rings. The molecule has 0 aliphatic heterocycles. The molecule has 3 aromatic rings. The fourth-order valence-electron chi connectivity index (χ4n) is 2.28. The lowest BCUT2D eigenvalue weighted by atomic mass is 10.1. The van der Waals surface area contributed by atoms with Crippen LogP contribution in [0.3, 0.4) is 0 Å². The number of carbonyl (C=O) groups excluding carboxylic acids is 1. The largest absolute Gasteiger partial charge is 0.293 e. The summed E-state index contributed by atoms with van der Waals surface area (Å²) in [6, 6.07) is 13.8. The number of ketones is 1. The zero-order chi connectivity index (χ0) is 17.1. The summed E-state index contributed by atoms with van der Waals surface area (Å²) < 4.78 is 15.5. The number of hydrogen-bond donors (Lipinski definition) is 0. The molecule has 0 aliphatic carbocycles. The van der Waals surface area contributed by atoms with E-state index in [0.717, 1.165) is 5.56 Å². The van der Waals surface area contributed by atoms with Crippen LogP contribution in [0, 0.1) is 12.7 Å². The molecule has 4 nitrogen and oxygen atoms in total. The highest BCUT2D eigenvalue weighted by atomic mass is 32.2. The lowest BCUT2D eigenvalue weighted by Gasteiger charge is -2.11. The van der Waals surface area contributed by atoms with E-state index in [1.807, 2.05) is 38.1 Å². The SMILES string of the molecule is Cc1ccc(C(=O)[C@@H](C)Sc2nncn2-c2ccccc2F)cc1. The van der Waals surface area contributed by atoms with Gasteiger partial charge in [0.15, 0.2) is 10.9 Å². The number of carbonyl (C=O) groups is 1. The molecule has 1 heterocycles. The van der Waals surface area contributed by atoms with Crippen molar-refractivity contribution in [2.75, 3.05) is 0 Å². The van der Waals surface area contributed by atoms with E-state index in [0.29, 0.717) is 16.4 Å². The Morgan fingerprint density at radius 3 is 2.58 bits per heavy atom. The van der Waals surface area contributed by atoms with Crippen LogP contribution in [0.25, 0.3) is 5.69 Å². The fraction of sp³-hybridized carbons (Fsp3) is 0.167. The van der Waals surface area contributed by atoms with Crippen molar-refractivity contribution in [3.05, 3.63) is 71.8 Å². The number of para-hydroxylation sites is 1. The van der Waals surface area contributed by atoms with Gasteiger partial charge in [0, 0.05) is 5.56 Å². The van der Waals surface area contributed by atoms with Crippen molar-refractivity contribution in [3.8, 4) is 5.69 Å². The molecular formula is C18H16FN3OS. The Kier molecular flexibility index (Phi) is 4.76. The highest BCUT2D eigenvalue weighted by Gasteiger charge is 2.20. The normalized spacial score (nSPS) is 12.1. The van der Waals surface area contributed by atoms with E-state index in [1.54, 1.807) is 22.8 Å². The van der Waals surface area contributed by atoms with Gasteiger partial charge in [0.05, 0.1) is 10.9 Å². The van der Waals surface area contributed by atoms with Gasteiger partial charge in [-0.05, 0) is 26.0 Å². The van der Waals surface area contributed by atoms with Gasteiger partial charge in [-0.1, -0.05) is 53.7 Å². The third-order valence-electron chi connectivity index (χ3n) is 3.62. The molecule has 2 aromatic carbocycles. The molecule has 0 radical (unpaired) electrons. The summed E-state index contributed by atoms with van der Waals surface area (Å²) in [6.45, 7) is 3.79. The lowest BCUT2D eigenvalue weighted by Crippen LogP contribution is -2.14. The van der Waals surface area contributed by atoms with Crippen LogP contribution < -0.4 is 0 Å². The third kappa shape index (κ3) is 3.38. The Hall–Kier alpha value is -2.47. The summed E-state index contributed by atoms with van der Waals surface area (Å²) in [7, 11) is 0. The summed E-state index contributed by atoms with van der Waals surface area (Å²) in [5.41, 5.74) is 2.11. The molecule has 0 bridgehead atoms. The quantitative estimate of drug-likeness (QED) is 0.518. The first kappa shape index (κ1) is 16.4. The summed E-state index contributed by atoms with van der Waals surface area (Å²) in [6.07, 6.45) is 1.45. The van der Waals surface area contributed by atoms with Gasteiger partial charge in [-0.25, -0.2) is 4.39 Å². The lowest BCUT2D eigenvalue weighted by molar-refractivity contribution is 0.0994. The fourth-order valence-corrected chi connectivity index (χ4v) is 3.19. The van der Waals surface area contributed by atoms with Crippen molar-refractivity contribution in [1.82, 2.24) is 14.8 Å². The summed E-state index contributed by atoms with van der Waals surface area (Å²) in [5.74, 6) is -0.361. The van der Waals surface area contributed by atoms with Crippen molar-refractivity contribution in [2.24, 2.45) is 0 Å². The van der Waals surface area contributed by atoms with Crippen LogP contribution in [-0.2, 0) is 0 Å². The highest BCUT2D eigenvalue weighted by Crippen LogP contribution is 2.27. The highest BCUT2D eigenvalue weighted by molar-refractivity contribution is 8.00. The minimum atomic E-state index is -0.364. The van der Waals surface area contributed by atoms with Crippen LogP contribution in [0.5, 0.6) is 0 Å². The Morgan fingerprint density at radius 1 is 1.17 bits per heavy atom. The molecule has 0 unspecified atom stereocenters. The van der Waals surface area contributed by atoms with Crippen molar-refractivity contribution in [1.29, 1.82) is 0 Å². The molecule has 0 saturated carbocycles. The van der Waals surface area contributed by atoms with Crippen LogP contribution in [0.1, 0.15) is 22.8 Å². The number of nitrogens with zero attached hydrogens (tertiary/aromatic N) is 3. The van der Waals surface area contributed by atoms with E-state index >= 15 is 0 Å². The molecule has 24 heavy (non-hydrogen) atoms. The van der Waals surface area contributed by atoms with E-state index in [9.17, 15) is 9.18 Å². The number of benzene rings is 2. The topological polar surface area (TPSA) is 47.8 Å². The number of hydrogen-bond acceptors (Lipinski definition) is 4. The second kappa shape index (κ2) is 6.97. The maximum absolute atomic E-state index is 14.0. The van der Waals surface area contributed by atoms with E-state index in [4.69, 9.17) is 0 Å². The molecule has 0 N–H and O–H groups in total. The number of Topliss-reactive ketones (excluding diaryl/α,β-unsaturated/α-hetero) is 1. The molecule has 1 aromatic heterocycles. The molecule has 1 atom stereocenters. The molecule has 0 spiro atoms. The molecule has 122 valence electrons. The Morgan fingerprint density at radius 2 is 1.88 bits per heavy atom. The number of aromatic nitrogens is 3. The second-order valence-corrected chi connectivity index (χ2v) is 6.73. The standard InChI is InChI=1S/C18H16FN3OS/c1-12-7-9-14(10-8-12)17(23)13(2)24-18-21-20-11-22(18)16-6-4-3-5-15(16)19/h3-11,13H,1-2H3/t13-/m1/s1. The predicted molar refractivity (Wildman–Crippen MR) is 92.1 cm³/mol. The third-order valence-corrected chi connectivity index (χ3v) is 4.67. The van der Waals surface area contributed by atoms with Crippen LogP contribution in [0.2, 0.25) is 0 Å². The maximum atomic E-state index is 14.0. The van der Waals surface area contributed by atoms with Crippen LogP contribution in [0.15, 0.2) is 60.0 Å². The molecule has 0 saturated heterocycles. The molecule has 3 rings (SSSR count). The molecular weight excluding hydrogens is 325 g/mol. The zero-order valence-electron chi connectivity index (χ0n) is 13.3. The average Bonchev–Trinajstić information content (AvgIpc) is 3.03. The van der Waals surface area contributed by atoms with Gasteiger partial charge in [-0.15, -0.1) is 10.2 Å². The van der Waals surface area contributed by atoms with Gasteiger partial charge < -0.3 is 0 Å². The van der Waals surface area contributed by atoms with Gasteiger partial charge in [-0.3, -0.25) is 9.36 Å². The first-order valence-electron chi connectivity index (χ1n) is 7.48. The summed E-state index contributed by atoms with van der Waals surface area (Å²) >= 11 is 1.26. The van der Waals surface area contributed by atoms with Gasteiger partial charge in [0.1, 0.15) is 12.1 Å². The van der Waals surface area contributed by atoms with Crippen molar-refractivity contribution in [2.45, 2.75) is 24.3 Å². The maximum Gasteiger partial charge on any atom is 0.196 e. The first-order chi connectivity index (χ1) is 11.6. The number of rotatable bonds is 5. The molecule has 0 fully saturated rings. The van der Waals surface area contributed by atoms with E-state index < -0.39 is 0 Å². The van der Waals surface area contributed by atoms with E-state index in [-0.39, 0.29) is 16.9 Å². The van der Waals surface area contributed by atoms with Gasteiger partial charge >= 0.3 is 0 Å². The predicted octanol–water partition coefficient (Wildman–Crippen LogP) is 4.08. The van der Waals surface area contributed by atoms with Gasteiger partial charge in [-0.2, -0.15) is 0 Å². The van der Waals surface area contributed by atoms with Crippen LogP contribution in [0.4, 0.5) is 4.39 Å². The summed E-state index contributed by atoms with van der Waals surface area (Å²) in [5, 5.41) is 7.99. The monoisotopic (exact) mass is 341 g/mol. The van der Waals surface area contributed by atoms with Crippen LogP contribution in [-0.4, -0.2) is 25.8 Å². The van der Waals surface area contributed by atoms with E-state index in [2.05, 4.69) is 10.2 Å². The van der Waals surface area contributed by atoms with Crippen molar-refractivity contribution < 1.29 is 9.18 Å². The first-order valence-corrected chi connectivity index (χ1v) is 8.36. The Bertz CT molecular complexity index is 861. The van der Waals surface area contributed by atoms with Crippen molar-refractivity contribution >= 4 is 17.5 Å². The Balaban J connectivity index is 1.82. The average molecular weight is 341 g/mol.